The van der Waals surface area contributed by atoms with Crippen LogP contribution in [-0.4, -0.2) is 25.9 Å². The van der Waals surface area contributed by atoms with E-state index in [0.717, 1.165) is 13.2 Å². The first-order valence-corrected chi connectivity index (χ1v) is 4.53. The van der Waals surface area contributed by atoms with Crippen molar-refractivity contribution < 1.29 is 23.4 Å². The molecule has 0 heterocycles. The fourth-order valence-electron chi connectivity index (χ4n) is 1.30. The van der Waals surface area contributed by atoms with Crippen molar-refractivity contribution in [2.75, 3.05) is 20.8 Å². The van der Waals surface area contributed by atoms with Gasteiger partial charge in [0.25, 0.3) is 0 Å². The lowest BCUT2D eigenvalue weighted by molar-refractivity contribution is 0.262. The van der Waals surface area contributed by atoms with Gasteiger partial charge in [0.15, 0.2) is 17.3 Å². The largest absolute Gasteiger partial charge is 0.494 e. The van der Waals surface area contributed by atoms with Crippen LogP contribution >= 0.6 is 0 Å². The third kappa shape index (κ3) is 2.07. The third-order valence-electron chi connectivity index (χ3n) is 2.18. The van der Waals surface area contributed by atoms with Gasteiger partial charge in [0, 0.05) is 5.56 Å². The van der Waals surface area contributed by atoms with Gasteiger partial charge in [-0.05, 0) is 6.07 Å². The van der Waals surface area contributed by atoms with E-state index in [2.05, 4.69) is 4.74 Å². The van der Waals surface area contributed by atoms with Crippen LogP contribution in [0.1, 0.15) is 11.6 Å². The average molecular weight is 233 g/mol. The molecule has 0 aromatic heterocycles. The summed E-state index contributed by atoms with van der Waals surface area (Å²) in [4.78, 5) is 0. The lowest BCUT2D eigenvalue weighted by atomic mass is 10.1. The van der Waals surface area contributed by atoms with Gasteiger partial charge in [-0.2, -0.15) is 4.39 Å². The first-order valence-electron chi connectivity index (χ1n) is 4.53. The topological polar surface area (TPSA) is 64.7 Å². The molecule has 0 spiro atoms. The number of benzene rings is 1. The van der Waals surface area contributed by atoms with Gasteiger partial charge in [0.1, 0.15) is 0 Å². The molecule has 1 unspecified atom stereocenters. The fraction of sp³-hybridized carbons (Fsp3) is 0.400. The number of halogens is 2. The molecule has 90 valence electrons. The molecule has 0 fully saturated rings. The van der Waals surface area contributed by atoms with Crippen LogP contribution in [0.4, 0.5) is 8.78 Å². The van der Waals surface area contributed by atoms with Crippen LogP contribution in [0, 0.1) is 11.6 Å². The zero-order valence-corrected chi connectivity index (χ0v) is 8.96. The second-order valence-corrected chi connectivity index (χ2v) is 3.12. The van der Waals surface area contributed by atoms with Crippen LogP contribution in [0.2, 0.25) is 0 Å². The molecular weight excluding hydrogens is 220 g/mol. The molecule has 6 heteroatoms. The molecule has 0 saturated heterocycles. The highest BCUT2D eigenvalue weighted by molar-refractivity contribution is 5.43. The quantitative estimate of drug-likeness (QED) is 0.813. The number of methoxy groups -OCH3 is 2. The fourth-order valence-corrected chi connectivity index (χ4v) is 1.30. The Morgan fingerprint density at radius 2 is 1.94 bits per heavy atom. The normalized spacial score (nSPS) is 12.4. The van der Waals surface area contributed by atoms with Gasteiger partial charge < -0.3 is 20.3 Å². The highest BCUT2D eigenvalue weighted by Gasteiger charge is 2.22. The summed E-state index contributed by atoms with van der Waals surface area (Å²) in [5.41, 5.74) is 5.41. The van der Waals surface area contributed by atoms with Crippen LogP contribution in [0.15, 0.2) is 6.07 Å². The Kier molecular flexibility index (Phi) is 4.03. The summed E-state index contributed by atoms with van der Waals surface area (Å²) < 4.78 is 36.5. The van der Waals surface area contributed by atoms with Crippen LogP contribution in [0.3, 0.4) is 0 Å². The maximum Gasteiger partial charge on any atom is 0.209 e. The summed E-state index contributed by atoms with van der Waals surface area (Å²) in [5.74, 6) is -2.62. The Balaban J connectivity index is 3.40. The molecule has 3 N–H and O–H groups in total. The minimum absolute atomic E-state index is 0.0578. The van der Waals surface area contributed by atoms with E-state index < -0.39 is 30.0 Å². The highest BCUT2D eigenvalue weighted by atomic mass is 19.1. The monoisotopic (exact) mass is 233 g/mol. The third-order valence-corrected chi connectivity index (χ3v) is 2.18. The molecule has 1 aromatic carbocycles. The molecule has 0 aliphatic carbocycles. The molecule has 1 atom stereocenters. The number of rotatable bonds is 4. The van der Waals surface area contributed by atoms with E-state index in [-0.39, 0.29) is 11.3 Å². The van der Waals surface area contributed by atoms with Gasteiger partial charge in [-0.3, -0.25) is 0 Å². The summed E-state index contributed by atoms with van der Waals surface area (Å²) in [7, 11) is 2.37. The van der Waals surface area contributed by atoms with Crippen LogP contribution < -0.4 is 15.2 Å². The minimum atomic E-state index is -0.955. The summed E-state index contributed by atoms with van der Waals surface area (Å²) in [6, 6.07) is 0.150. The standard InChI is InChI=1S/C10H13F2NO3/c1-15-7-3-5(6(13)4-14)8(11)10(16-2)9(7)12/h3,6,14H,4,13H2,1-2H3. The second-order valence-electron chi connectivity index (χ2n) is 3.12. The van der Waals surface area contributed by atoms with Crippen LogP contribution in [-0.2, 0) is 0 Å². The molecular formula is C10H13F2NO3. The Bertz CT molecular complexity index is 385. The number of hydrogen-bond donors (Lipinski definition) is 2. The predicted molar refractivity (Wildman–Crippen MR) is 53.5 cm³/mol. The van der Waals surface area contributed by atoms with Crippen molar-refractivity contribution in [2.45, 2.75) is 6.04 Å². The van der Waals surface area contributed by atoms with E-state index in [1.807, 2.05) is 0 Å². The van der Waals surface area contributed by atoms with Crippen molar-refractivity contribution >= 4 is 0 Å². The molecule has 0 saturated carbocycles. The summed E-state index contributed by atoms with van der Waals surface area (Å²) in [5, 5.41) is 8.84. The predicted octanol–water partition coefficient (Wildman–Crippen LogP) is 0.974. The number of ether oxygens (including phenoxy) is 2. The van der Waals surface area contributed by atoms with Crippen LogP contribution in [0.5, 0.6) is 11.5 Å². The van der Waals surface area contributed by atoms with Crippen LogP contribution in [0.25, 0.3) is 0 Å². The smallest absolute Gasteiger partial charge is 0.209 e. The first-order chi connectivity index (χ1) is 7.56. The molecule has 1 aromatic rings. The summed E-state index contributed by atoms with van der Waals surface area (Å²) >= 11 is 0. The summed E-state index contributed by atoms with van der Waals surface area (Å²) in [6.07, 6.45) is 0. The van der Waals surface area contributed by atoms with E-state index in [1.165, 1.54) is 7.11 Å². The number of hydrogen-bond acceptors (Lipinski definition) is 4. The molecule has 1 rings (SSSR count). The minimum Gasteiger partial charge on any atom is -0.494 e. The Hall–Kier alpha value is -1.40. The van der Waals surface area contributed by atoms with Gasteiger partial charge >= 0.3 is 0 Å². The number of aliphatic hydroxyl groups is 1. The van der Waals surface area contributed by atoms with Gasteiger partial charge in [-0.1, -0.05) is 0 Å². The van der Waals surface area contributed by atoms with Gasteiger partial charge in [-0.25, -0.2) is 4.39 Å². The van der Waals surface area contributed by atoms with Gasteiger partial charge in [0.05, 0.1) is 26.9 Å². The number of aliphatic hydroxyl groups excluding tert-OH is 1. The van der Waals surface area contributed by atoms with Crippen molar-refractivity contribution in [2.24, 2.45) is 5.73 Å². The number of nitrogens with two attached hydrogens (primary N) is 1. The van der Waals surface area contributed by atoms with Crippen molar-refractivity contribution in [1.29, 1.82) is 0 Å². The van der Waals surface area contributed by atoms with Gasteiger partial charge in [0.2, 0.25) is 5.82 Å². The van der Waals surface area contributed by atoms with E-state index in [1.54, 1.807) is 0 Å². The van der Waals surface area contributed by atoms with E-state index >= 15 is 0 Å². The lowest BCUT2D eigenvalue weighted by Gasteiger charge is -2.15. The van der Waals surface area contributed by atoms with Crippen molar-refractivity contribution in [3.05, 3.63) is 23.3 Å². The molecule has 0 radical (unpaired) electrons. The maximum atomic E-state index is 13.7. The van der Waals surface area contributed by atoms with E-state index in [0.29, 0.717) is 0 Å². The molecule has 0 aliphatic rings. The summed E-state index contributed by atoms with van der Waals surface area (Å²) in [6.45, 7) is -0.463. The first kappa shape index (κ1) is 12.7. The SMILES string of the molecule is COc1cc(C(N)CO)c(F)c(OC)c1F. The van der Waals surface area contributed by atoms with Crippen molar-refractivity contribution in [3.63, 3.8) is 0 Å². The Labute approximate surface area is 91.6 Å². The average Bonchev–Trinajstić information content (AvgIpc) is 2.29. The molecule has 0 amide bonds. The van der Waals surface area contributed by atoms with E-state index in [4.69, 9.17) is 15.6 Å². The maximum absolute atomic E-state index is 13.7. The molecule has 16 heavy (non-hydrogen) atoms. The highest BCUT2D eigenvalue weighted by Crippen LogP contribution is 2.34. The van der Waals surface area contributed by atoms with E-state index in [9.17, 15) is 8.78 Å². The molecule has 0 bridgehead atoms. The second kappa shape index (κ2) is 5.09. The molecule has 4 nitrogen and oxygen atoms in total. The Morgan fingerprint density at radius 1 is 1.31 bits per heavy atom. The Morgan fingerprint density at radius 3 is 2.38 bits per heavy atom. The van der Waals surface area contributed by atoms with Crippen molar-refractivity contribution in [3.8, 4) is 11.5 Å². The lowest BCUT2D eigenvalue weighted by Crippen LogP contribution is -2.17. The van der Waals surface area contributed by atoms with Gasteiger partial charge in [-0.15, -0.1) is 0 Å². The molecule has 0 aliphatic heterocycles. The van der Waals surface area contributed by atoms with Crippen molar-refractivity contribution in [1.82, 2.24) is 0 Å². The zero-order chi connectivity index (χ0) is 12.3. The zero-order valence-electron chi connectivity index (χ0n) is 8.96.